The lowest BCUT2D eigenvalue weighted by Gasteiger charge is -2.04. The fourth-order valence-corrected chi connectivity index (χ4v) is 3.93. The predicted octanol–water partition coefficient (Wildman–Crippen LogP) is 3.15. The van der Waals surface area contributed by atoms with Crippen LogP contribution < -0.4 is 19.6 Å². The zero-order valence-corrected chi connectivity index (χ0v) is 16.9. The Morgan fingerprint density at radius 1 is 1.11 bits per heavy atom. The first-order valence-electron chi connectivity index (χ1n) is 7.98. The van der Waals surface area contributed by atoms with Crippen molar-refractivity contribution in [3.05, 3.63) is 67.4 Å². The van der Waals surface area contributed by atoms with Gasteiger partial charge in [-0.1, -0.05) is 27.3 Å². The summed E-state index contributed by atoms with van der Waals surface area (Å²) in [6.07, 6.45) is 1.79. The largest absolute Gasteiger partial charge is 0.497 e. The van der Waals surface area contributed by atoms with Crippen molar-refractivity contribution in [2.75, 3.05) is 14.2 Å². The van der Waals surface area contributed by atoms with E-state index >= 15 is 0 Å². The summed E-state index contributed by atoms with van der Waals surface area (Å²) in [7, 11) is 3.21. The quantitative estimate of drug-likeness (QED) is 0.484. The second-order valence-corrected chi connectivity index (χ2v) is 7.59. The van der Waals surface area contributed by atoms with Gasteiger partial charge in [0.15, 0.2) is 5.82 Å². The van der Waals surface area contributed by atoms with E-state index < -0.39 is 0 Å². The van der Waals surface area contributed by atoms with Crippen molar-refractivity contribution in [2.24, 2.45) is 0 Å². The standard InChI is InChI=1S/C19H14BrN3O3S/c1-25-14-6-3-11(4-7-14)17-21-19-23(22-17)18(24)16(27-19)10-12-9-13(20)5-8-15(12)26-2/h3-10H,1-2H3/b16-10+. The van der Waals surface area contributed by atoms with Crippen LogP contribution in [0.15, 0.2) is 51.7 Å². The first kappa shape index (κ1) is 17.7. The van der Waals surface area contributed by atoms with Crippen LogP contribution in [0.3, 0.4) is 0 Å². The minimum Gasteiger partial charge on any atom is -0.497 e. The molecule has 0 fully saturated rings. The molecule has 0 amide bonds. The summed E-state index contributed by atoms with van der Waals surface area (Å²) in [4.78, 5) is 17.8. The Hall–Kier alpha value is -2.71. The fraction of sp³-hybridized carbons (Fsp3) is 0.105. The van der Waals surface area contributed by atoms with Crippen LogP contribution in [0.1, 0.15) is 5.56 Å². The minimum atomic E-state index is -0.204. The van der Waals surface area contributed by atoms with Gasteiger partial charge in [0.05, 0.1) is 18.8 Å². The van der Waals surface area contributed by atoms with E-state index in [0.717, 1.165) is 21.3 Å². The van der Waals surface area contributed by atoms with Gasteiger partial charge in [-0.05, 0) is 48.5 Å². The summed E-state index contributed by atoms with van der Waals surface area (Å²) in [5.74, 6) is 1.95. The Morgan fingerprint density at radius 3 is 2.56 bits per heavy atom. The number of nitrogens with zero attached hydrogens (tertiary/aromatic N) is 3. The molecule has 2 aromatic carbocycles. The van der Waals surface area contributed by atoms with Crippen molar-refractivity contribution in [1.82, 2.24) is 14.6 Å². The molecule has 0 aliphatic rings. The summed E-state index contributed by atoms with van der Waals surface area (Å²) in [5.41, 5.74) is 1.43. The maximum atomic E-state index is 12.7. The average Bonchev–Trinajstić information content (AvgIpc) is 3.22. The number of benzene rings is 2. The summed E-state index contributed by atoms with van der Waals surface area (Å²) in [5, 5.41) is 4.36. The highest BCUT2D eigenvalue weighted by molar-refractivity contribution is 9.10. The van der Waals surface area contributed by atoms with E-state index in [9.17, 15) is 4.79 Å². The topological polar surface area (TPSA) is 65.7 Å². The van der Waals surface area contributed by atoms with E-state index in [1.54, 1.807) is 20.3 Å². The Bertz CT molecular complexity index is 1230. The maximum absolute atomic E-state index is 12.7. The van der Waals surface area contributed by atoms with Gasteiger partial charge in [-0.2, -0.15) is 9.50 Å². The van der Waals surface area contributed by atoms with E-state index in [2.05, 4.69) is 26.0 Å². The Morgan fingerprint density at radius 2 is 1.89 bits per heavy atom. The molecule has 136 valence electrons. The molecule has 0 unspecified atom stereocenters. The molecule has 27 heavy (non-hydrogen) atoms. The van der Waals surface area contributed by atoms with Crippen LogP contribution in [0.5, 0.6) is 11.5 Å². The first-order valence-corrected chi connectivity index (χ1v) is 9.59. The summed E-state index contributed by atoms with van der Waals surface area (Å²) >= 11 is 4.73. The van der Waals surface area contributed by atoms with Crippen molar-refractivity contribution < 1.29 is 9.47 Å². The Kier molecular flexibility index (Phi) is 4.67. The molecule has 4 rings (SSSR count). The van der Waals surface area contributed by atoms with Gasteiger partial charge in [0, 0.05) is 15.6 Å². The summed E-state index contributed by atoms with van der Waals surface area (Å²) in [6.45, 7) is 0. The number of fused-ring (bicyclic) bond motifs is 1. The molecular weight excluding hydrogens is 430 g/mol. The number of methoxy groups -OCH3 is 2. The molecule has 0 saturated heterocycles. The van der Waals surface area contributed by atoms with Crippen molar-refractivity contribution in [1.29, 1.82) is 0 Å². The number of thiazole rings is 1. The van der Waals surface area contributed by atoms with Crippen molar-refractivity contribution in [3.63, 3.8) is 0 Å². The molecule has 2 heterocycles. The van der Waals surface area contributed by atoms with Gasteiger partial charge in [0.1, 0.15) is 11.5 Å². The van der Waals surface area contributed by atoms with Crippen molar-refractivity contribution in [3.8, 4) is 22.9 Å². The molecule has 0 spiro atoms. The lowest BCUT2D eigenvalue weighted by Crippen LogP contribution is -2.23. The van der Waals surface area contributed by atoms with E-state index in [1.165, 1.54) is 15.9 Å². The minimum absolute atomic E-state index is 0.204. The average molecular weight is 444 g/mol. The van der Waals surface area contributed by atoms with Crippen LogP contribution in [0.25, 0.3) is 22.4 Å². The van der Waals surface area contributed by atoms with Crippen LogP contribution in [-0.4, -0.2) is 28.8 Å². The second-order valence-electron chi connectivity index (χ2n) is 5.66. The van der Waals surface area contributed by atoms with Gasteiger partial charge >= 0.3 is 0 Å². The van der Waals surface area contributed by atoms with Crippen molar-refractivity contribution >= 4 is 38.3 Å². The number of aromatic nitrogens is 3. The Balaban J connectivity index is 1.79. The highest BCUT2D eigenvalue weighted by Gasteiger charge is 2.12. The molecule has 2 aromatic heterocycles. The molecule has 0 aliphatic carbocycles. The smallest absolute Gasteiger partial charge is 0.291 e. The second kappa shape index (κ2) is 7.13. The van der Waals surface area contributed by atoms with Crippen LogP contribution in [-0.2, 0) is 0 Å². The molecule has 0 atom stereocenters. The summed E-state index contributed by atoms with van der Waals surface area (Å²) in [6, 6.07) is 13.0. The maximum Gasteiger partial charge on any atom is 0.291 e. The molecule has 0 radical (unpaired) electrons. The van der Waals surface area contributed by atoms with Gasteiger partial charge in [0.25, 0.3) is 5.56 Å². The molecule has 0 aliphatic heterocycles. The number of ether oxygens (including phenoxy) is 2. The normalized spacial score (nSPS) is 11.9. The van der Waals surface area contributed by atoms with E-state index in [-0.39, 0.29) is 5.56 Å². The Labute approximate surface area is 166 Å². The SMILES string of the molecule is COc1ccc(-c2nc3s/c(=C/c4cc(Br)ccc4OC)c(=O)n3n2)cc1. The predicted molar refractivity (Wildman–Crippen MR) is 109 cm³/mol. The molecule has 0 bridgehead atoms. The molecule has 0 saturated carbocycles. The monoisotopic (exact) mass is 443 g/mol. The van der Waals surface area contributed by atoms with Crippen LogP contribution in [0.4, 0.5) is 0 Å². The molecular formula is C19H14BrN3O3S. The molecule has 8 heteroatoms. The van der Waals surface area contributed by atoms with Crippen molar-refractivity contribution in [2.45, 2.75) is 0 Å². The zero-order chi connectivity index (χ0) is 19.0. The van der Waals surface area contributed by atoms with E-state index in [1.807, 2.05) is 42.5 Å². The third-order valence-corrected chi connectivity index (χ3v) is 5.46. The zero-order valence-electron chi connectivity index (χ0n) is 14.5. The van der Waals surface area contributed by atoms with E-state index in [0.29, 0.717) is 21.1 Å². The lowest BCUT2D eigenvalue weighted by atomic mass is 10.2. The van der Waals surface area contributed by atoms with Gasteiger partial charge in [-0.15, -0.1) is 5.10 Å². The molecule has 6 nitrogen and oxygen atoms in total. The van der Waals surface area contributed by atoms with Gasteiger partial charge in [-0.3, -0.25) is 4.79 Å². The highest BCUT2D eigenvalue weighted by atomic mass is 79.9. The number of hydrogen-bond acceptors (Lipinski definition) is 6. The van der Waals surface area contributed by atoms with Gasteiger partial charge in [-0.25, -0.2) is 0 Å². The first-order chi connectivity index (χ1) is 13.1. The van der Waals surface area contributed by atoms with Gasteiger partial charge < -0.3 is 9.47 Å². The molecule has 4 aromatic rings. The van der Waals surface area contributed by atoms with E-state index in [4.69, 9.17) is 9.47 Å². The lowest BCUT2D eigenvalue weighted by molar-refractivity contribution is 0.413. The number of rotatable bonds is 4. The summed E-state index contributed by atoms with van der Waals surface area (Å²) < 4.78 is 13.3. The van der Waals surface area contributed by atoms with Gasteiger partial charge in [0.2, 0.25) is 4.96 Å². The number of halogens is 1. The third kappa shape index (κ3) is 3.33. The third-order valence-electron chi connectivity index (χ3n) is 4.01. The molecule has 0 N–H and O–H groups in total. The fourth-order valence-electron chi connectivity index (χ4n) is 2.66. The van der Waals surface area contributed by atoms with Crippen LogP contribution in [0.2, 0.25) is 0 Å². The highest BCUT2D eigenvalue weighted by Crippen LogP contribution is 2.24. The van der Waals surface area contributed by atoms with Crippen LogP contribution in [0, 0.1) is 0 Å². The number of hydrogen-bond donors (Lipinski definition) is 0. The van der Waals surface area contributed by atoms with Crippen LogP contribution >= 0.6 is 27.3 Å².